The minimum Gasteiger partial charge on any atom is -0.345 e. The molecule has 0 aromatic rings. The van der Waals surface area contributed by atoms with E-state index in [1.54, 1.807) is 6.92 Å². The number of rotatable bonds is 3. The third-order valence-corrected chi connectivity index (χ3v) is 4.61. The maximum absolute atomic E-state index is 12.2. The van der Waals surface area contributed by atoms with Gasteiger partial charge >= 0.3 is 0 Å². The van der Waals surface area contributed by atoms with Gasteiger partial charge in [0.1, 0.15) is 6.04 Å². The van der Waals surface area contributed by atoms with Crippen molar-refractivity contribution in [2.75, 3.05) is 13.1 Å². The van der Waals surface area contributed by atoms with Crippen LogP contribution >= 0.6 is 0 Å². The SMILES string of the molecule is CCC1(CN2CCC(=O)NC(C)C2=O)CCCC1. The number of carbonyl (C=O) groups excluding carboxylic acids is 2. The normalized spacial score (nSPS) is 28.1. The second-order valence-electron chi connectivity index (χ2n) is 5.86. The van der Waals surface area contributed by atoms with Crippen molar-refractivity contribution in [3.8, 4) is 0 Å². The summed E-state index contributed by atoms with van der Waals surface area (Å²) in [5.74, 6) is 0.0795. The van der Waals surface area contributed by atoms with Crippen molar-refractivity contribution in [1.82, 2.24) is 10.2 Å². The minimum atomic E-state index is -0.365. The van der Waals surface area contributed by atoms with Gasteiger partial charge < -0.3 is 10.2 Å². The third-order valence-electron chi connectivity index (χ3n) is 4.61. The van der Waals surface area contributed by atoms with Gasteiger partial charge in [0.15, 0.2) is 0 Å². The maximum atomic E-state index is 12.2. The molecule has 1 heterocycles. The van der Waals surface area contributed by atoms with E-state index < -0.39 is 0 Å². The van der Waals surface area contributed by atoms with Crippen LogP contribution < -0.4 is 5.32 Å². The molecule has 4 heteroatoms. The average Bonchev–Trinajstić information content (AvgIpc) is 2.78. The molecule has 1 N–H and O–H groups in total. The van der Waals surface area contributed by atoms with Crippen molar-refractivity contribution in [3.63, 3.8) is 0 Å². The molecule has 102 valence electrons. The Bertz CT molecular complexity index is 335. The fraction of sp³-hybridized carbons (Fsp3) is 0.857. The zero-order chi connectivity index (χ0) is 13.2. The molecule has 1 saturated heterocycles. The standard InChI is InChI=1S/C14H24N2O2/c1-3-14(7-4-5-8-14)10-16-9-6-12(17)15-11(2)13(16)18/h11H,3-10H2,1-2H3,(H,15,17). The van der Waals surface area contributed by atoms with E-state index in [0.717, 1.165) is 13.0 Å². The van der Waals surface area contributed by atoms with E-state index in [1.165, 1.54) is 25.7 Å². The number of nitrogens with zero attached hydrogens (tertiary/aromatic N) is 1. The Kier molecular flexibility index (Phi) is 3.93. The summed E-state index contributed by atoms with van der Waals surface area (Å²) in [6.07, 6.45) is 6.58. The van der Waals surface area contributed by atoms with Crippen molar-refractivity contribution in [2.45, 2.75) is 58.4 Å². The summed E-state index contributed by atoms with van der Waals surface area (Å²) < 4.78 is 0. The summed E-state index contributed by atoms with van der Waals surface area (Å²) in [6.45, 7) is 5.42. The Morgan fingerprint density at radius 1 is 1.33 bits per heavy atom. The molecule has 2 rings (SSSR count). The van der Waals surface area contributed by atoms with Crippen LogP contribution in [0.4, 0.5) is 0 Å². The Balaban J connectivity index is 2.06. The summed E-state index contributed by atoms with van der Waals surface area (Å²) in [5, 5.41) is 2.75. The fourth-order valence-corrected chi connectivity index (χ4v) is 3.31. The first-order valence-corrected chi connectivity index (χ1v) is 7.14. The van der Waals surface area contributed by atoms with Crippen LogP contribution in [0.5, 0.6) is 0 Å². The predicted molar refractivity (Wildman–Crippen MR) is 70.0 cm³/mol. The number of carbonyl (C=O) groups is 2. The van der Waals surface area contributed by atoms with Crippen molar-refractivity contribution in [3.05, 3.63) is 0 Å². The van der Waals surface area contributed by atoms with Crippen LogP contribution in [0.25, 0.3) is 0 Å². The zero-order valence-electron chi connectivity index (χ0n) is 11.5. The second-order valence-corrected chi connectivity index (χ2v) is 5.86. The van der Waals surface area contributed by atoms with Crippen LogP contribution in [-0.2, 0) is 9.59 Å². The van der Waals surface area contributed by atoms with E-state index in [1.807, 2.05) is 4.90 Å². The third kappa shape index (κ3) is 2.68. The molecule has 18 heavy (non-hydrogen) atoms. The van der Waals surface area contributed by atoms with Crippen LogP contribution in [0.2, 0.25) is 0 Å². The molecule has 2 fully saturated rings. The van der Waals surface area contributed by atoms with E-state index in [9.17, 15) is 9.59 Å². The van der Waals surface area contributed by atoms with Crippen LogP contribution in [-0.4, -0.2) is 35.8 Å². The smallest absolute Gasteiger partial charge is 0.244 e. The van der Waals surface area contributed by atoms with E-state index in [0.29, 0.717) is 18.4 Å². The first-order valence-electron chi connectivity index (χ1n) is 7.14. The first kappa shape index (κ1) is 13.4. The number of hydrogen-bond donors (Lipinski definition) is 1. The molecular formula is C14H24N2O2. The average molecular weight is 252 g/mol. The van der Waals surface area contributed by atoms with Gasteiger partial charge in [-0.05, 0) is 31.6 Å². The maximum Gasteiger partial charge on any atom is 0.244 e. The highest BCUT2D eigenvalue weighted by Crippen LogP contribution is 2.41. The van der Waals surface area contributed by atoms with E-state index in [-0.39, 0.29) is 17.9 Å². The van der Waals surface area contributed by atoms with Gasteiger partial charge in [0.2, 0.25) is 11.8 Å². The van der Waals surface area contributed by atoms with Crippen molar-refractivity contribution in [2.24, 2.45) is 5.41 Å². The van der Waals surface area contributed by atoms with Crippen LogP contribution in [0.1, 0.15) is 52.4 Å². The molecule has 1 saturated carbocycles. The topological polar surface area (TPSA) is 49.4 Å². The summed E-state index contributed by atoms with van der Waals surface area (Å²) in [4.78, 5) is 25.6. The molecular weight excluding hydrogens is 228 g/mol. The lowest BCUT2D eigenvalue weighted by Crippen LogP contribution is -2.46. The Morgan fingerprint density at radius 3 is 2.61 bits per heavy atom. The lowest BCUT2D eigenvalue weighted by molar-refractivity contribution is -0.134. The highest BCUT2D eigenvalue weighted by molar-refractivity contribution is 5.89. The van der Waals surface area contributed by atoms with Crippen molar-refractivity contribution in [1.29, 1.82) is 0 Å². The van der Waals surface area contributed by atoms with Gasteiger partial charge in [-0.1, -0.05) is 19.8 Å². The van der Waals surface area contributed by atoms with E-state index in [4.69, 9.17) is 0 Å². The second kappa shape index (κ2) is 5.29. The van der Waals surface area contributed by atoms with Crippen molar-refractivity contribution >= 4 is 11.8 Å². The highest BCUT2D eigenvalue weighted by Gasteiger charge is 2.37. The van der Waals surface area contributed by atoms with Crippen LogP contribution in [0, 0.1) is 5.41 Å². The van der Waals surface area contributed by atoms with Gasteiger partial charge in [-0.25, -0.2) is 0 Å². The predicted octanol–water partition coefficient (Wildman–Crippen LogP) is 1.69. The number of nitrogens with one attached hydrogen (secondary N) is 1. The molecule has 0 aromatic heterocycles. The quantitative estimate of drug-likeness (QED) is 0.831. The van der Waals surface area contributed by atoms with Gasteiger partial charge in [-0.2, -0.15) is 0 Å². The molecule has 2 aliphatic rings. The summed E-state index contributed by atoms with van der Waals surface area (Å²) in [6, 6.07) is -0.365. The molecule has 4 nitrogen and oxygen atoms in total. The molecule has 1 atom stereocenters. The van der Waals surface area contributed by atoms with Gasteiger partial charge in [0, 0.05) is 19.5 Å². The van der Waals surface area contributed by atoms with Gasteiger partial charge in [-0.3, -0.25) is 9.59 Å². The Hall–Kier alpha value is -1.06. The molecule has 0 bridgehead atoms. The molecule has 2 amide bonds. The van der Waals surface area contributed by atoms with Gasteiger partial charge in [0.25, 0.3) is 0 Å². The molecule has 0 radical (unpaired) electrons. The summed E-state index contributed by atoms with van der Waals surface area (Å²) in [7, 11) is 0. The fourth-order valence-electron chi connectivity index (χ4n) is 3.31. The largest absolute Gasteiger partial charge is 0.345 e. The summed E-state index contributed by atoms with van der Waals surface area (Å²) in [5.41, 5.74) is 0.308. The lowest BCUT2D eigenvalue weighted by atomic mass is 9.82. The number of amides is 2. The van der Waals surface area contributed by atoms with E-state index in [2.05, 4.69) is 12.2 Å². The molecule has 0 spiro atoms. The van der Waals surface area contributed by atoms with Crippen molar-refractivity contribution < 1.29 is 9.59 Å². The minimum absolute atomic E-state index is 0.00433. The molecule has 1 aliphatic carbocycles. The first-order chi connectivity index (χ1) is 8.56. The van der Waals surface area contributed by atoms with Crippen LogP contribution in [0.3, 0.4) is 0 Å². The summed E-state index contributed by atoms with van der Waals surface area (Å²) >= 11 is 0. The molecule has 1 aliphatic heterocycles. The molecule has 0 aromatic carbocycles. The highest BCUT2D eigenvalue weighted by atomic mass is 16.2. The van der Waals surface area contributed by atoms with Crippen LogP contribution in [0.15, 0.2) is 0 Å². The van der Waals surface area contributed by atoms with Gasteiger partial charge in [-0.15, -0.1) is 0 Å². The van der Waals surface area contributed by atoms with E-state index >= 15 is 0 Å². The molecule has 1 unspecified atom stereocenters. The Labute approximate surface area is 109 Å². The number of hydrogen-bond acceptors (Lipinski definition) is 2. The Morgan fingerprint density at radius 2 is 2.00 bits per heavy atom. The monoisotopic (exact) mass is 252 g/mol. The van der Waals surface area contributed by atoms with Gasteiger partial charge in [0.05, 0.1) is 0 Å². The lowest BCUT2D eigenvalue weighted by Gasteiger charge is -2.34. The zero-order valence-corrected chi connectivity index (χ0v) is 11.5.